The summed E-state index contributed by atoms with van der Waals surface area (Å²) in [6, 6.07) is 6.42. The molecule has 0 unspecified atom stereocenters. The number of nitrogens with two attached hydrogens (primary N) is 1. The number of para-hydroxylation sites is 1. The minimum Gasteiger partial charge on any atom is -0.493 e. The Hall–Kier alpha value is -1.02. The highest BCUT2D eigenvalue weighted by Gasteiger charge is 2.21. The van der Waals surface area contributed by atoms with E-state index in [2.05, 4.69) is 32.0 Å². The molecule has 0 spiro atoms. The predicted octanol–water partition coefficient (Wildman–Crippen LogP) is 2.59. The second-order valence-electron chi connectivity index (χ2n) is 4.16. The minimum absolute atomic E-state index is 0.150. The Morgan fingerprint density at radius 3 is 2.93 bits per heavy atom. The highest BCUT2D eigenvalue weighted by molar-refractivity contribution is 5.45. The third-order valence-corrected chi connectivity index (χ3v) is 2.77. The Labute approximate surface area is 85.1 Å². The van der Waals surface area contributed by atoms with Gasteiger partial charge >= 0.3 is 0 Å². The summed E-state index contributed by atoms with van der Waals surface area (Å²) in [4.78, 5) is 0. The maximum absolute atomic E-state index is 6.04. The highest BCUT2D eigenvalue weighted by Crippen LogP contribution is 2.36. The lowest BCUT2D eigenvalue weighted by molar-refractivity contribution is 0.265. The number of hydrogen-bond acceptors (Lipinski definition) is 2. The van der Waals surface area contributed by atoms with Gasteiger partial charge in [-0.25, -0.2) is 0 Å². The van der Waals surface area contributed by atoms with Gasteiger partial charge in [-0.05, 0) is 11.5 Å². The van der Waals surface area contributed by atoms with Gasteiger partial charge in [-0.2, -0.15) is 0 Å². The van der Waals surface area contributed by atoms with Gasteiger partial charge in [-0.1, -0.05) is 32.0 Å². The molecule has 0 radical (unpaired) electrons. The first-order valence-corrected chi connectivity index (χ1v) is 5.21. The number of hydrogen-bond donors (Lipinski definition) is 1. The van der Waals surface area contributed by atoms with Crippen LogP contribution in [0, 0.1) is 0 Å². The first kappa shape index (κ1) is 9.53. The van der Waals surface area contributed by atoms with Crippen LogP contribution in [0.2, 0.25) is 0 Å². The van der Waals surface area contributed by atoms with Crippen LogP contribution in [0.3, 0.4) is 0 Å². The van der Waals surface area contributed by atoms with Crippen molar-refractivity contribution in [3.05, 3.63) is 29.3 Å². The summed E-state index contributed by atoms with van der Waals surface area (Å²) >= 11 is 0. The predicted molar refractivity (Wildman–Crippen MR) is 57.6 cm³/mol. The quantitative estimate of drug-likeness (QED) is 0.740. The minimum atomic E-state index is 0.150. The van der Waals surface area contributed by atoms with Crippen LogP contribution in [0.4, 0.5) is 0 Å². The molecule has 0 aliphatic carbocycles. The van der Waals surface area contributed by atoms with Crippen molar-refractivity contribution in [3.63, 3.8) is 0 Å². The third kappa shape index (κ3) is 1.50. The number of benzene rings is 1. The van der Waals surface area contributed by atoms with Crippen LogP contribution in [0.5, 0.6) is 5.75 Å². The molecule has 2 N–H and O–H groups in total. The van der Waals surface area contributed by atoms with Gasteiger partial charge in [0.1, 0.15) is 5.75 Å². The summed E-state index contributed by atoms with van der Waals surface area (Å²) < 4.78 is 5.71. The smallest absolute Gasteiger partial charge is 0.127 e. The van der Waals surface area contributed by atoms with E-state index < -0.39 is 0 Å². The SMILES string of the molecule is CC(C)c1cccc2c1OCC[C@H]2N. The van der Waals surface area contributed by atoms with Crippen molar-refractivity contribution < 1.29 is 4.74 Å². The van der Waals surface area contributed by atoms with Gasteiger partial charge in [0.25, 0.3) is 0 Å². The lowest BCUT2D eigenvalue weighted by atomic mass is 9.93. The van der Waals surface area contributed by atoms with Crippen LogP contribution in [0.1, 0.15) is 43.4 Å². The zero-order valence-electron chi connectivity index (χ0n) is 8.79. The van der Waals surface area contributed by atoms with E-state index >= 15 is 0 Å². The molecular weight excluding hydrogens is 174 g/mol. The zero-order valence-corrected chi connectivity index (χ0v) is 8.79. The molecule has 0 saturated heterocycles. The second kappa shape index (κ2) is 3.62. The van der Waals surface area contributed by atoms with E-state index in [4.69, 9.17) is 10.5 Å². The molecule has 1 atom stereocenters. The van der Waals surface area contributed by atoms with E-state index in [0.29, 0.717) is 5.92 Å². The molecule has 1 aliphatic rings. The second-order valence-corrected chi connectivity index (χ2v) is 4.16. The van der Waals surface area contributed by atoms with Crippen LogP contribution in [0.25, 0.3) is 0 Å². The zero-order chi connectivity index (χ0) is 10.1. The first-order valence-electron chi connectivity index (χ1n) is 5.21. The molecule has 76 valence electrons. The average molecular weight is 191 g/mol. The molecule has 2 nitrogen and oxygen atoms in total. The molecule has 1 aliphatic heterocycles. The Kier molecular flexibility index (Phi) is 2.46. The van der Waals surface area contributed by atoms with Crippen molar-refractivity contribution in [2.24, 2.45) is 5.73 Å². The monoisotopic (exact) mass is 191 g/mol. The van der Waals surface area contributed by atoms with Gasteiger partial charge in [0.2, 0.25) is 0 Å². The molecule has 1 aromatic rings. The fourth-order valence-corrected chi connectivity index (χ4v) is 1.93. The number of rotatable bonds is 1. The molecule has 0 bridgehead atoms. The Morgan fingerprint density at radius 1 is 1.43 bits per heavy atom. The van der Waals surface area contributed by atoms with E-state index in [1.54, 1.807) is 0 Å². The number of ether oxygens (including phenoxy) is 1. The third-order valence-electron chi connectivity index (χ3n) is 2.77. The van der Waals surface area contributed by atoms with Crippen LogP contribution in [-0.4, -0.2) is 6.61 Å². The van der Waals surface area contributed by atoms with E-state index in [1.165, 1.54) is 11.1 Å². The molecule has 0 aromatic heterocycles. The maximum atomic E-state index is 6.04. The van der Waals surface area contributed by atoms with Crippen molar-refractivity contribution in [1.29, 1.82) is 0 Å². The van der Waals surface area contributed by atoms with Crippen LogP contribution in [0.15, 0.2) is 18.2 Å². The summed E-state index contributed by atoms with van der Waals surface area (Å²) in [6.45, 7) is 5.11. The molecule has 1 aromatic carbocycles. The molecule has 1 heterocycles. The molecule has 0 saturated carbocycles. The van der Waals surface area contributed by atoms with E-state index in [0.717, 1.165) is 18.8 Å². The Bertz CT molecular complexity index is 319. The van der Waals surface area contributed by atoms with Crippen molar-refractivity contribution >= 4 is 0 Å². The standard InChI is InChI=1S/C12H17NO/c1-8(2)9-4-3-5-10-11(13)6-7-14-12(9)10/h3-5,8,11H,6-7,13H2,1-2H3/t11-/m1/s1. The highest BCUT2D eigenvalue weighted by atomic mass is 16.5. The van der Waals surface area contributed by atoms with Gasteiger partial charge in [-0.15, -0.1) is 0 Å². The molecule has 14 heavy (non-hydrogen) atoms. The van der Waals surface area contributed by atoms with E-state index in [1.807, 2.05) is 0 Å². The summed E-state index contributed by atoms with van der Waals surface area (Å²) in [5, 5.41) is 0. The molecular formula is C12H17NO. The lowest BCUT2D eigenvalue weighted by Gasteiger charge is -2.26. The van der Waals surface area contributed by atoms with E-state index in [-0.39, 0.29) is 6.04 Å². The van der Waals surface area contributed by atoms with Gasteiger partial charge in [-0.3, -0.25) is 0 Å². The van der Waals surface area contributed by atoms with Gasteiger partial charge in [0, 0.05) is 18.0 Å². The fraction of sp³-hybridized carbons (Fsp3) is 0.500. The van der Waals surface area contributed by atoms with Crippen molar-refractivity contribution in [1.82, 2.24) is 0 Å². The molecule has 0 amide bonds. The maximum Gasteiger partial charge on any atom is 0.127 e. The van der Waals surface area contributed by atoms with Crippen LogP contribution in [-0.2, 0) is 0 Å². The largest absolute Gasteiger partial charge is 0.493 e. The Balaban J connectivity index is 2.49. The summed E-state index contributed by atoms with van der Waals surface area (Å²) in [6.07, 6.45) is 0.925. The van der Waals surface area contributed by atoms with Gasteiger partial charge < -0.3 is 10.5 Å². The molecule has 0 fully saturated rings. The fourth-order valence-electron chi connectivity index (χ4n) is 1.93. The molecule has 2 heteroatoms. The van der Waals surface area contributed by atoms with Crippen LogP contribution >= 0.6 is 0 Å². The topological polar surface area (TPSA) is 35.2 Å². The average Bonchev–Trinajstić information content (AvgIpc) is 2.17. The Morgan fingerprint density at radius 2 is 2.21 bits per heavy atom. The van der Waals surface area contributed by atoms with Gasteiger partial charge in [0.15, 0.2) is 0 Å². The first-order chi connectivity index (χ1) is 6.70. The van der Waals surface area contributed by atoms with Crippen molar-refractivity contribution in [2.45, 2.75) is 32.2 Å². The lowest BCUT2D eigenvalue weighted by Crippen LogP contribution is -2.21. The summed E-state index contributed by atoms with van der Waals surface area (Å²) in [5.41, 5.74) is 8.48. The number of fused-ring (bicyclic) bond motifs is 1. The molecule has 2 rings (SSSR count). The summed E-state index contributed by atoms with van der Waals surface area (Å²) in [5.74, 6) is 1.52. The van der Waals surface area contributed by atoms with Gasteiger partial charge in [0.05, 0.1) is 6.61 Å². The van der Waals surface area contributed by atoms with Crippen molar-refractivity contribution in [3.8, 4) is 5.75 Å². The summed E-state index contributed by atoms with van der Waals surface area (Å²) in [7, 11) is 0. The van der Waals surface area contributed by atoms with Crippen molar-refractivity contribution in [2.75, 3.05) is 6.61 Å². The normalized spacial score (nSPS) is 20.4. The van der Waals surface area contributed by atoms with Crippen LogP contribution < -0.4 is 10.5 Å². The van der Waals surface area contributed by atoms with E-state index in [9.17, 15) is 0 Å².